The van der Waals surface area contributed by atoms with Crippen LogP contribution >= 0.6 is 11.6 Å². The normalized spacial score (nSPS) is 12.0. The fraction of sp³-hybridized carbons (Fsp3) is 0.364. The van der Waals surface area contributed by atoms with Crippen molar-refractivity contribution in [1.29, 1.82) is 0 Å². The summed E-state index contributed by atoms with van der Waals surface area (Å²) in [6.45, 7) is 1.40. The van der Waals surface area contributed by atoms with Gasteiger partial charge in [-0.15, -0.1) is 0 Å². The number of halogens is 1. The van der Waals surface area contributed by atoms with Gasteiger partial charge in [-0.3, -0.25) is 14.9 Å². The van der Waals surface area contributed by atoms with Crippen LogP contribution in [-0.2, 0) is 0 Å². The Hall–Kier alpha value is -1.86. The largest absolute Gasteiger partial charge is 0.397 e. The molecule has 104 valence electrons. The van der Waals surface area contributed by atoms with Crippen LogP contribution in [0.25, 0.3) is 0 Å². The Morgan fingerprint density at radius 2 is 2.21 bits per heavy atom. The minimum absolute atomic E-state index is 0.0192. The number of benzene rings is 1. The lowest BCUT2D eigenvalue weighted by atomic mass is 10.1. The Kier molecular flexibility index (Phi) is 4.68. The van der Waals surface area contributed by atoms with E-state index in [0.717, 1.165) is 12.1 Å². The molecular formula is C11H14ClN3O4. The number of nitrogens with two attached hydrogens (primary N) is 1. The summed E-state index contributed by atoms with van der Waals surface area (Å²) in [7, 11) is 1.47. The van der Waals surface area contributed by atoms with Crippen LogP contribution < -0.4 is 5.73 Å². The average Bonchev–Trinajstić information content (AvgIpc) is 2.38. The van der Waals surface area contributed by atoms with Crippen LogP contribution in [0.15, 0.2) is 12.1 Å². The maximum absolute atomic E-state index is 12.1. The molecule has 0 heterocycles. The van der Waals surface area contributed by atoms with E-state index in [1.807, 2.05) is 0 Å². The third-order valence-corrected chi connectivity index (χ3v) is 3.11. The first-order chi connectivity index (χ1) is 8.79. The molecule has 0 aromatic heterocycles. The number of carbonyl (C=O) groups is 1. The molecule has 3 N–H and O–H groups in total. The number of non-ortho nitro benzene ring substituents is 1. The number of nitro benzene ring substituents is 1. The van der Waals surface area contributed by atoms with Gasteiger partial charge in [0.25, 0.3) is 11.6 Å². The molecule has 0 saturated heterocycles. The van der Waals surface area contributed by atoms with Crippen molar-refractivity contribution in [3.8, 4) is 0 Å². The van der Waals surface area contributed by atoms with Gasteiger partial charge in [0.1, 0.15) is 0 Å². The van der Waals surface area contributed by atoms with E-state index < -0.39 is 16.9 Å². The van der Waals surface area contributed by atoms with Gasteiger partial charge in [0, 0.05) is 19.2 Å². The molecule has 1 aromatic carbocycles. The minimum atomic E-state index is -0.655. The molecule has 0 fully saturated rings. The summed E-state index contributed by atoms with van der Waals surface area (Å²) in [6.07, 6.45) is 0. The van der Waals surface area contributed by atoms with Crippen molar-refractivity contribution in [3.63, 3.8) is 0 Å². The van der Waals surface area contributed by atoms with E-state index in [-0.39, 0.29) is 28.6 Å². The Labute approximate surface area is 114 Å². The van der Waals surface area contributed by atoms with Gasteiger partial charge in [-0.1, -0.05) is 11.6 Å². The third kappa shape index (κ3) is 3.12. The molecule has 1 rings (SSSR count). The number of nitro groups is 1. The van der Waals surface area contributed by atoms with Crippen molar-refractivity contribution in [3.05, 3.63) is 32.8 Å². The summed E-state index contributed by atoms with van der Waals surface area (Å²) in [5.41, 5.74) is 5.28. The van der Waals surface area contributed by atoms with Gasteiger partial charge >= 0.3 is 0 Å². The van der Waals surface area contributed by atoms with Crippen LogP contribution in [0.1, 0.15) is 17.3 Å². The lowest BCUT2D eigenvalue weighted by Gasteiger charge is -2.23. The summed E-state index contributed by atoms with van der Waals surface area (Å²) in [4.78, 5) is 23.5. The quantitative estimate of drug-likeness (QED) is 0.492. The number of likely N-dealkylation sites (N-methyl/N-ethyl adjacent to an activating group) is 1. The zero-order valence-corrected chi connectivity index (χ0v) is 11.2. The van der Waals surface area contributed by atoms with Gasteiger partial charge in [-0.2, -0.15) is 0 Å². The summed E-state index contributed by atoms with van der Waals surface area (Å²) < 4.78 is 0. The van der Waals surface area contributed by atoms with E-state index in [1.165, 1.54) is 11.9 Å². The molecular weight excluding hydrogens is 274 g/mol. The van der Waals surface area contributed by atoms with Crippen molar-refractivity contribution >= 4 is 28.9 Å². The van der Waals surface area contributed by atoms with Crippen LogP contribution in [0, 0.1) is 10.1 Å². The van der Waals surface area contributed by atoms with Crippen molar-refractivity contribution in [2.75, 3.05) is 19.4 Å². The number of carbonyl (C=O) groups excluding carboxylic acids is 1. The number of nitrogen functional groups attached to an aromatic ring is 1. The Bertz CT molecular complexity index is 521. The van der Waals surface area contributed by atoms with E-state index in [1.54, 1.807) is 6.92 Å². The molecule has 0 aliphatic heterocycles. The van der Waals surface area contributed by atoms with Gasteiger partial charge < -0.3 is 15.7 Å². The number of aliphatic hydroxyl groups is 1. The summed E-state index contributed by atoms with van der Waals surface area (Å²) >= 11 is 5.78. The Morgan fingerprint density at radius 1 is 1.63 bits per heavy atom. The van der Waals surface area contributed by atoms with Gasteiger partial charge in [-0.25, -0.2) is 0 Å². The van der Waals surface area contributed by atoms with E-state index in [4.69, 9.17) is 22.4 Å². The van der Waals surface area contributed by atoms with E-state index in [0.29, 0.717) is 0 Å². The second-order valence-electron chi connectivity index (χ2n) is 4.09. The SMILES string of the molecule is CC(CO)N(C)C(=O)c1cc([N+](=O)[O-])cc(Cl)c1N. The molecule has 0 aliphatic carbocycles. The predicted octanol–water partition coefficient (Wildman–Crippen LogP) is 1.28. The van der Waals surface area contributed by atoms with Gasteiger partial charge in [0.05, 0.1) is 33.8 Å². The number of anilines is 1. The van der Waals surface area contributed by atoms with Gasteiger partial charge in [0.2, 0.25) is 0 Å². The van der Waals surface area contributed by atoms with Crippen LogP contribution in [0.4, 0.5) is 11.4 Å². The number of aliphatic hydroxyl groups excluding tert-OH is 1. The van der Waals surface area contributed by atoms with Crippen molar-refractivity contribution in [2.45, 2.75) is 13.0 Å². The van der Waals surface area contributed by atoms with Crippen molar-refractivity contribution < 1.29 is 14.8 Å². The lowest BCUT2D eigenvalue weighted by molar-refractivity contribution is -0.384. The van der Waals surface area contributed by atoms with Crippen LogP contribution in [-0.4, -0.2) is 40.5 Å². The van der Waals surface area contributed by atoms with E-state index in [9.17, 15) is 14.9 Å². The van der Waals surface area contributed by atoms with Gasteiger partial charge in [-0.05, 0) is 6.92 Å². The molecule has 1 atom stereocenters. The number of amides is 1. The third-order valence-electron chi connectivity index (χ3n) is 2.80. The molecule has 7 nitrogen and oxygen atoms in total. The van der Waals surface area contributed by atoms with Crippen LogP contribution in [0.5, 0.6) is 0 Å². The first-order valence-corrected chi connectivity index (χ1v) is 5.78. The Morgan fingerprint density at radius 3 is 2.68 bits per heavy atom. The fourth-order valence-corrected chi connectivity index (χ4v) is 1.61. The molecule has 8 heteroatoms. The molecule has 0 aliphatic rings. The predicted molar refractivity (Wildman–Crippen MR) is 71.2 cm³/mol. The molecule has 1 aromatic rings. The summed E-state index contributed by atoms with van der Waals surface area (Å²) in [5, 5.41) is 19.7. The highest BCUT2D eigenvalue weighted by Crippen LogP contribution is 2.29. The number of rotatable bonds is 4. The minimum Gasteiger partial charge on any atom is -0.397 e. The van der Waals surface area contributed by atoms with E-state index in [2.05, 4.69) is 0 Å². The van der Waals surface area contributed by atoms with Crippen LogP contribution in [0.3, 0.4) is 0 Å². The highest BCUT2D eigenvalue weighted by Gasteiger charge is 2.23. The second-order valence-corrected chi connectivity index (χ2v) is 4.50. The first-order valence-electron chi connectivity index (χ1n) is 5.41. The summed E-state index contributed by atoms with van der Waals surface area (Å²) in [6, 6.07) is 1.72. The molecule has 1 unspecified atom stereocenters. The number of hydrogen-bond acceptors (Lipinski definition) is 5. The smallest absolute Gasteiger partial charge is 0.271 e. The Balaban J connectivity index is 3.26. The van der Waals surface area contributed by atoms with Crippen LogP contribution in [0.2, 0.25) is 5.02 Å². The maximum Gasteiger partial charge on any atom is 0.271 e. The number of hydrogen-bond donors (Lipinski definition) is 2. The van der Waals surface area contributed by atoms with E-state index >= 15 is 0 Å². The first kappa shape index (κ1) is 15.2. The molecule has 0 spiro atoms. The molecule has 0 radical (unpaired) electrons. The summed E-state index contributed by atoms with van der Waals surface area (Å²) in [5.74, 6) is -0.537. The highest BCUT2D eigenvalue weighted by atomic mass is 35.5. The zero-order chi connectivity index (χ0) is 14.7. The topological polar surface area (TPSA) is 110 Å². The van der Waals surface area contributed by atoms with Crippen molar-refractivity contribution in [1.82, 2.24) is 4.90 Å². The highest BCUT2D eigenvalue weighted by molar-refractivity contribution is 6.34. The fourth-order valence-electron chi connectivity index (χ4n) is 1.40. The van der Waals surface area contributed by atoms with Gasteiger partial charge in [0.15, 0.2) is 0 Å². The maximum atomic E-state index is 12.1. The standard InChI is InChI=1S/C11H14ClN3O4/c1-6(5-16)14(2)11(17)8-3-7(15(18)19)4-9(12)10(8)13/h3-4,6,16H,5,13H2,1-2H3. The average molecular weight is 288 g/mol. The molecule has 1 amide bonds. The number of nitrogens with zero attached hydrogens (tertiary/aromatic N) is 2. The molecule has 19 heavy (non-hydrogen) atoms. The molecule has 0 bridgehead atoms. The lowest BCUT2D eigenvalue weighted by Crippen LogP contribution is -2.37. The zero-order valence-electron chi connectivity index (χ0n) is 10.5. The van der Waals surface area contributed by atoms with Crippen molar-refractivity contribution in [2.24, 2.45) is 0 Å². The second kappa shape index (κ2) is 5.85. The molecule has 0 saturated carbocycles. The monoisotopic (exact) mass is 287 g/mol.